The van der Waals surface area contributed by atoms with Gasteiger partial charge in [0.05, 0.1) is 25.1 Å². The Bertz CT molecular complexity index is 1040. The number of benzene rings is 2. The van der Waals surface area contributed by atoms with Crippen molar-refractivity contribution in [3.63, 3.8) is 0 Å². The molecule has 0 aliphatic carbocycles. The summed E-state index contributed by atoms with van der Waals surface area (Å²) >= 11 is 0. The van der Waals surface area contributed by atoms with Gasteiger partial charge in [-0.1, -0.05) is 39.8 Å². The molecule has 0 saturated carbocycles. The third kappa shape index (κ3) is 6.25. The number of methoxy groups -OCH3 is 1. The largest absolute Gasteiger partial charge is 0.496 e. The van der Waals surface area contributed by atoms with Crippen LogP contribution in [0, 0.1) is 6.92 Å². The van der Waals surface area contributed by atoms with E-state index in [1.54, 1.807) is 19.2 Å². The van der Waals surface area contributed by atoms with Gasteiger partial charge < -0.3 is 10.1 Å². The molecule has 0 unspecified atom stereocenters. The monoisotopic (exact) mass is 460 g/mol. The summed E-state index contributed by atoms with van der Waals surface area (Å²) in [6.07, 6.45) is 1.11. The number of aryl methyl sites for hydroxylation is 1. The Labute approximate surface area is 193 Å². The van der Waals surface area contributed by atoms with E-state index in [1.165, 1.54) is 0 Å². The zero-order valence-electron chi connectivity index (χ0n) is 20.4. The number of carbonyl (C=O) groups excluding carboxylic acids is 1. The van der Waals surface area contributed by atoms with Crippen LogP contribution in [0.4, 0.5) is 5.69 Å². The van der Waals surface area contributed by atoms with E-state index in [0.717, 1.165) is 38.6 Å². The van der Waals surface area contributed by atoms with Crippen molar-refractivity contribution in [2.45, 2.75) is 59.4 Å². The summed E-state index contributed by atoms with van der Waals surface area (Å²) in [5.74, 6) is 1.06. The minimum Gasteiger partial charge on any atom is -0.496 e. The molecular formula is C25H36N2O4S. The molecule has 2 aromatic rings. The highest BCUT2D eigenvalue weighted by molar-refractivity contribution is 7.92. The van der Waals surface area contributed by atoms with Crippen molar-refractivity contribution in [1.29, 1.82) is 0 Å². The van der Waals surface area contributed by atoms with Gasteiger partial charge in [0.2, 0.25) is 15.9 Å². The lowest BCUT2D eigenvalue weighted by molar-refractivity contribution is -0.120. The Morgan fingerprint density at radius 2 is 1.59 bits per heavy atom. The van der Waals surface area contributed by atoms with Crippen LogP contribution >= 0.6 is 0 Å². The van der Waals surface area contributed by atoms with Gasteiger partial charge in [-0.05, 0) is 72.2 Å². The molecular weight excluding hydrogens is 424 g/mol. The fraction of sp³-hybridized carbons (Fsp3) is 0.480. The van der Waals surface area contributed by atoms with Crippen molar-refractivity contribution >= 4 is 21.6 Å². The van der Waals surface area contributed by atoms with Crippen LogP contribution in [0.3, 0.4) is 0 Å². The molecule has 1 atom stereocenters. The maximum Gasteiger partial charge on any atom is 0.241 e. The summed E-state index contributed by atoms with van der Waals surface area (Å²) in [4.78, 5) is 12.8. The molecule has 1 amide bonds. The second-order valence-electron chi connectivity index (χ2n) is 8.91. The number of nitrogens with one attached hydrogen (secondary N) is 1. The Balaban J connectivity index is 2.24. The van der Waals surface area contributed by atoms with Gasteiger partial charge >= 0.3 is 0 Å². The molecule has 176 valence electrons. The van der Waals surface area contributed by atoms with Crippen molar-refractivity contribution in [2.24, 2.45) is 0 Å². The fourth-order valence-electron chi connectivity index (χ4n) is 3.73. The van der Waals surface area contributed by atoms with Crippen LogP contribution in [0.2, 0.25) is 0 Å². The molecule has 7 heteroatoms. The molecule has 1 N–H and O–H groups in total. The molecule has 2 aromatic carbocycles. The zero-order chi connectivity index (χ0) is 24.2. The van der Waals surface area contributed by atoms with Crippen LogP contribution in [-0.4, -0.2) is 34.2 Å². The number of amides is 1. The average molecular weight is 461 g/mol. The summed E-state index contributed by atoms with van der Waals surface area (Å²) in [7, 11) is -1.97. The van der Waals surface area contributed by atoms with Gasteiger partial charge in [0.15, 0.2) is 0 Å². The summed E-state index contributed by atoms with van der Waals surface area (Å²) in [5, 5.41) is 2.96. The van der Waals surface area contributed by atoms with Crippen molar-refractivity contribution in [2.75, 3.05) is 24.2 Å². The number of carbonyl (C=O) groups is 1. The van der Waals surface area contributed by atoms with Crippen molar-refractivity contribution in [3.05, 3.63) is 58.7 Å². The normalized spacial score (nSPS) is 12.7. The second kappa shape index (κ2) is 10.4. The van der Waals surface area contributed by atoms with Crippen molar-refractivity contribution in [1.82, 2.24) is 5.32 Å². The highest BCUT2D eigenvalue weighted by Crippen LogP contribution is 2.32. The molecule has 0 saturated heterocycles. The van der Waals surface area contributed by atoms with E-state index in [1.807, 2.05) is 32.0 Å². The smallest absolute Gasteiger partial charge is 0.241 e. The molecule has 0 spiro atoms. The molecule has 0 aliphatic rings. The molecule has 0 aromatic heterocycles. The van der Waals surface area contributed by atoms with Crippen LogP contribution in [0.1, 0.15) is 74.8 Å². The van der Waals surface area contributed by atoms with Gasteiger partial charge in [-0.3, -0.25) is 9.10 Å². The van der Waals surface area contributed by atoms with Gasteiger partial charge in [0, 0.05) is 0 Å². The SMILES string of the molecule is COc1cc(C)c([C@@H](C)NC(=O)CN(c2ccc(C(C)C)cc2)S(C)(=O)=O)cc1C(C)C. The van der Waals surface area contributed by atoms with Gasteiger partial charge in [0.1, 0.15) is 12.3 Å². The van der Waals surface area contributed by atoms with Gasteiger partial charge in [-0.15, -0.1) is 0 Å². The van der Waals surface area contributed by atoms with E-state index < -0.39 is 10.0 Å². The van der Waals surface area contributed by atoms with Gasteiger partial charge in [0.25, 0.3) is 0 Å². The number of ether oxygens (including phenoxy) is 1. The average Bonchev–Trinajstić information content (AvgIpc) is 2.70. The number of hydrogen-bond donors (Lipinski definition) is 1. The maximum absolute atomic E-state index is 12.8. The predicted molar refractivity (Wildman–Crippen MR) is 131 cm³/mol. The predicted octanol–water partition coefficient (Wildman–Crippen LogP) is 4.89. The summed E-state index contributed by atoms with van der Waals surface area (Å²) in [6.45, 7) is 11.9. The number of nitrogens with zero attached hydrogens (tertiary/aromatic N) is 1. The first kappa shape index (κ1) is 25.7. The third-order valence-corrected chi connectivity index (χ3v) is 6.76. The fourth-order valence-corrected chi connectivity index (χ4v) is 4.59. The van der Waals surface area contributed by atoms with E-state index in [2.05, 4.69) is 39.1 Å². The highest BCUT2D eigenvalue weighted by Gasteiger charge is 2.23. The number of sulfonamides is 1. The summed E-state index contributed by atoms with van der Waals surface area (Å²) in [5.41, 5.74) is 4.63. The number of anilines is 1. The molecule has 0 radical (unpaired) electrons. The Morgan fingerprint density at radius 1 is 1.00 bits per heavy atom. The van der Waals surface area contributed by atoms with E-state index >= 15 is 0 Å². The zero-order valence-corrected chi connectivity index (χ0v) is 21.2. The van der Waals surface area contributed by atoms with Gasteiger partial charge in [-0.25, -0.2) is 8.42 Å². The molecule has 0 fully saturated rings. The lowest BCUT2D eigenvalue weighted by Gasteiger charge is -2.25. The molecule has 6 nitrogen and oxygen atoms in total. The van der Waals surface area contributed by atoms with Crippen LogP contribution in [0.5, 0.6) is 5.75 Å². The summed E-state index contributed by atoms with van der Waals surface area (Å²) in [6, 6.07) is 11.0. The number of rotatable bonds is 9. The Hall–Kier alpha value is -2.54. The maximum atomic E-state index is 12.8. The second-order valence-corrected chi connectivity index (χ2v) is 10.8. The third-order valence-electron chi connectivity index (χ3n) is 5.62. The van der Waals surface area contributed by atoms with E-state index in [4.69, 9.17) is 4.74 Å². The summed E-state index contributed by atoms with van der Waals surface area (Å²) < 4.78 is 31.5. The molecule has 0 aliphatic heterocycles. The van der Waals surface area contributed by atoms with Crippen LogP contribution in [-0.2, 0) is 14.8 Å². The minimum atomic E-state index is -3.63. The minimum absolute atomic E-state index is 0.265. The lowest BCUT2D eigenvalue weighted by atomic mass is 9.93. The lowest BCUT2D eigenvalue weighted by Crippen LogP contribution is -2.41. The van der Waals surface area contributed by atoms with E-state index in [9.17, 15) is 13.2 Å². The number of hydrogen-bond acceptors (Lipinski definition) is 4. The highest BCUT2D eigenvalue weighted by atomic mass is 32.2. The van der Waals surface area contributed by atoms with Crippen molar-refractivity contribution in [3.8, 4) is 5.75 Å². The molecule has 0 bridgehead atoms. The van der Waals surface area contributed by atoms with Crippen LogP contribution in [0.25, 0.3) is 0 Å². The first-order valence-corrected chi connectivity index (χ1v) is 12.7. The van der Waals surface area contributed by atoms with Crippen LogP contribution in [0.15, 0.2) is 36.4 Å². The Morgan fingerprint density at radius 3 is 2.06 bits per heavy atom. The van der Waals surface area contributed by atoms with Crippen molar-refractivity contribution < 1.29 is 17.9 Å². The Kier molecular flexibility index (Phi) is 8.35. The molecule has 32 heavy (non-hydrogen) atoms. The topological polar surface area (TPSA) is 75.7 Å². The molecule has 0 heterocycles. The standard InChI is InChI=1S/C25H36N2O4S/c1-16(2)20-9-11-21(12-10-20)27(32(8,29)30)15-25(28)26-19(6)23-14-22(17(3)4)24(31-7)13-18(23)5/h9-14,16-17,19H,15H2,1-8H3,(H,26,28)/t19-/m1/s1. The first-order valence-electron chi connectivity index (χ1n) is 10.9. The first-order chi connectivity index (χ1) is 14.8. The van der Waals surface area contributed by atoms with Gasteiger partial charge in [-0.2, -0.15) is 0 Å². The van der Waals surface area contributed by atoms with E-state index in [-0.39, 0.29) is 24.4 Å². The quantitative estimate of drug-likeness (QED) is 0.578. The van der Waals surface area contributed by atoms with Crippen LogP contribution < -0.4 is 14.4 Å². The van der Waals surface area contributed by atoms with E-state index in [0.29, 0.717) is 11.6 Å². The molecule has 2 rings (SSSR count).